The largest absolute Gasteiger partial charge is 0.356 e. The van der Waals surface area contributed by atoms with Crippen LogP contribution in [0.25, 0.3) is 0 Å². The Bertz CT molecular complexity index is 508. The number of rotatable bonds is 11. The molecule has 148 valence electrons. The van der Waals surface area contributed by atoms with Crippen molar-refractivity contribution in [3.63, 3.8) is 0 Å². The van der Waals surface area contributed by atoms with Gasteiger partial charge in [0.2, 0.25) is 11.8 Å². The maximum atomic E-state index is 11.8. The molecule has 0 aromatic carbocycles. The Balaban J connectivity index is 1.46. The summed E-state index contributed by atoms with van der Waals surface area (Å²) < 4.78 is 0. The van der Waals surface area contributed by atoms with Gasteiger partial charge in [-0.05, 0) is 19.3 Å². The van der Waals surface area contributed by atoms with Crippen molar-refractivity contribution in [3.8, 4) is 0 Å². The predicted octanol–water partition coefficient (Wildman–Crippen LogP) is -0.408. The van der Waals surface area contributed by atoms with Crippen molar-refractivity contribution in [2.24, 2.45) is 5.73 Å². The molecule has 2 saturated heterocycles. The van der Waals surface area contributed by atoms with Crippen molar-refractivity contribution in [1.82, 2.24) is 21.3 Å². The second kappa shape index (κ2) is 10.9. The zero-order valence-corrected chi connectivity index (χ0v) is 16.5. The topological polar surface area (TPSA) is 125 Å². The lowest BCUT2D eigenvalue weighted by Gasteiger charge is -2.16. The summed E-state index contributed by atoms with van der Waals surface area (Å²) in [6.45, 7) is 1.02. The predicted molar refractivity (Wildman–Crippen MR) is 106 cm³/mol. The fourth-order valence-corrected chi connectivity index (χ4v) is 4.81. The average molecular weight is 404 g/mol. The van der Waals surface area contributed by atoms with Gasteiger partial charge in [-0.25, -0.2) is 4.79 Å². The summed E-state index contributed by atoms with van der Waals surface area (Å²) in [6, 6.07) is -0.168. The average Bonchev–Trinajstić information content (AvgIpc) is 3.16. The van der Waals surface area contributed by atoms with E-state index in [1.54, 1.807) is 0 Å². The molecule has 6 N–H and O–H groups in total. The van der Waals surface area contributed by atoms with E-state index in [2.05, 4.69) is 33.9 Å². The third-order valence-electron chi connectivity index (χ3n) is 4.59. The molecule has 2 rings (SSSR count). The minimum absolute atomic E-state index is 0.0381. The van der Waals surface area contributed by atoms with E-state index in [4.69, 9.17) is 5.73 Å². The number of fused-ring (bicyclic) bond motifs is 1. The van der Waals surface area contributed by atoms with Crippen molar-refractivity contribution >= 4 is 42.2 Å². The van der Waals surface area contributed by atoms with Crippen molar-refractivity contribution in [2.75, 3.05) is 24.6 Å². The van der Waals surface area contributed by atoms with Crippen LogP contribution in [-0.2, 0) is 9.59 Å². The Hall–Kier alpha value is -1.13. The Kier molecular flexibility index (Phi) is 8.86. The lowest BCUT2D eigenvalue weighted by Crippen LogP contribution is -2.42. The molecule has 0 unspecified atom stereocenters. The first kappa shape index (κ1) is 21.2. The number of carbonyl (C=O) groups is 3. The van der Waals surface area contributed by atoms with Gasteiger partial charge >= 0.3 is 6.03 Å². The van der Waals surface area contributed by atoms with E-state index < -0.39 is 6.04 Å². The molecule has 0 aromatic heterocycles. The highest BCUT2D eigenvalue weighted by atomic mass is 32.2. The number of nitrogens with two attached hydrogens (primary N) is 1. The number of thioether (sulfide) groups is 1. The monoisotopic (exact) mass is 403 g/mol. The molecule has 0 spiro atoms. The highest BCUT2D eigenvalue weighted by molar-refractivity contribution is 8.00. The van der Waals surface area contributed by atoms with Gasteiger partial charge < -0.3 is 27.0 Å². The minimum atomic E-state index is -0.588. The number of thiol groups is 1. The molecule has 4 atom stereocenters. The van der Waals surface area contributed by atoms with Gasteiger partial charge in [0, 0.05) is 36.3 Å². The summed E-state index contributed by atoms with van der Waals surface area (Å²) in [5.41, 5.74) is 5.54. The number of nitrogens with one attached hydrogen (secondary N) is 4. The standard InChI is InChI=1S/C16H29N5O3S2/c17-10(8-25)15(23)19-7-3-6-18-13(22)5-2-1-4-12-14-11(9-26-12)20-16(24)21-14/h10-12,14,25H,1-9,17H2,(H,18,22)(H,19,23)(H2,20,21,24)/t10-,11-,12-,14-/m0/s1. The smallest absolute Gasteiger partial charge is 0.315 e. The fraction of sp³-hybridized carbons (Fsp3) is 0.812. The number of hydrogen-bond acceptors (Lipinski definition) is 6. The Labute approximate surface area is 164 Å². The van der Waals surface area contributed by atoms with E-state index in [1.807, 2.05) is 11.8 Å². The number of carbonyl (C=O) groups excluding carboxylic acids is 3. The molecule has 2 aliphatic rings. The zero-order chi connectivity index (χ0) is 18.9. The molecule has 4 amide bonds. The maximum absolute atomic E-state index is 11.8. The minimum Gasteiger partial charge on any atom is -0.356 e. The second-order valence-corrected chi connectivity index (χ2v) is 8.29. The number of hydrogen-bond donors (Lipinski definition) is 6. The van der Waals surface area contributed by atoms with Crippen LogP contribution < -0.4 is 27.0 Å². The molecular formula is C16H29N5O3S2. The van der Waals surface area contributed by atoms with Crippen LogP contribution in [0.15, 0.2) is 0 Å². The van der Waals surface area contributed by atoms with E-state index in [9.17, 15) is 14.4 Å². The normalized spacial score (nSPS) is 25.2. The van der Waals surface area contributed by atoms with Crippen molar-refractivity contribution < 1.29 is 14.4 Å². The van der Waals surface area contributed by atoms with Crippen LogP contribution in [0.5, 0.6) is 0 Å². The first-order valence-electron chi connectivity index (χ1n) is 9.10. The molecule has 10 heteroatoms. The van der Waals surface area contributed by atoms with Gasteiger partial charge in [0.15, 0.2) is 0 Å². The van der Waals surface area contributed by atoms with Crippen LogP contribution >= 0.6 is 24.4 Å². The third-order valence-corrected chi connectivity index (χ3v) is 6.49. The van der Waals surface area contributed by atoms with E-state index in [0.29, 0.717) is 36.9 Å². The Morgan fingerprint density at radius 1 is 1.23 bits per heavy atom. The van der Waals surface area contributed by atoms with Gasteiger partial charge in [-0.15, -0.1) is 0 Å². The van der Waals surface area contributed by atoms with Crippen molar-refractivity contribution in [2.45, 2.75) is 55.5 Å². The van der Waals surface area contributed by atoms with Crippen molar-refractivity contribution in [3.05, 3.63) is 0 Å². The second-order valence-electron chi connectivity index (χ2n) is 6.65. The fourth-order valence-electron chi connectivity index (χ4n) is 3.10. The van der Waals surface area contributed by atoms with Gasteiger partial charge in [0.25, 0.3) is 0 Å². The van der Waals surface area contributed by atoms with Crippen LogP contribution in [0.2, 0.25) is 0 Å². The van der Waals surface area contributed by atoms with E-state index in [-0.39, 0.29) is 29.9 Å². The van der Waals surface area contributed by atoms with Crippen LogP contribution in [0, 0.1) is 0 Å². The molecule has 0 saturated carbocycles. The molecule has 26 heavy (non-hydrogen) atoms. The quantitative estimate of drug-likeness (QED) is 0.159. The summed E-state index contributed by atoms with van der Waals surface area (Å²) in [7, 11) is 0. The van der Waals surface area contributed by atoms with E-state index in [1.165, 1.54) is 0 Å². The molecule has 0 radical (unpaired) electrons. The van der Waals surface area contributed by atoms with Gasteiger partial charge in [0.05, 0.1) is 18.1 Å². The summed E-state index contributed by atoms with van der Waals surface area (Å²) in [6.07, 6.45) is 4.01. The van der Waals surface area contributed by atoms with Crippen LogP contribution in [-0.4, -0.2) is 65.8 Å². The van der Waals surface area contributed by atoms with Crippen LogP contribution in [0.1, 0.15) is 32.1 Å². The molecule has 8 nitrogen and oxygen atoms in total. The van der Waals surface area contributed by atoms with Crippen molar-refractivity contribution in [1.29, 1.82) is 0 Å². The Morgan fingerprint density at radius 3 is 2.77 bits per heavy atom. The molecule has 0 aromatic rings. The van der Waals surface area contributed by atoms with Gasteiger partial charge in [-0.3, -0.25) is 9.59 Å². The van der Waals surface area contributed by atoms with Gasteiger partial charge in [-0.1, -0.05) is 6.42 Å². The van der Waals surface area contributed by atoms with E-state index in [0.717, 1.165) is 25.0 Å². The number of urea groups is 1. The summed E-state index contributed by atoms with van der Waals surface area (Å²) >= 11 is 5.86. The molecule has 0 bridgehead atoms. The lowest BCUT2D eigenvalue weighted by atomic mass is 10.0. The Morgan fingerprint density at radius 2 is 2.00 bits per heavy atom. The van der Waals surface area contributed by atoms with Gasteiger partial charge in [0.1, 0.15) is 0 Å². The van der Waals surface area contributed by atoms with Crippen LogP contribution in [0.3, 0.4) is 0 Å². The first-order valence-corrected chi connectivity index (χ1v) is 10.8. The number of unbranched alkanes of at least 4 members (excludes halogenated alkanes) is 1. The molecular weight excluding hydrogens is 374 g/mol. The summed E-state index contributed by atoms with van der Waals surface area (Å²) in [4.78, 5) is 34.6. The van der Waals surface area contributed by atoms with Crippen LogP contribution in [0.4, 0.5) is 4.79 Å². The first-order chi connectivity index (χ1) is 12.5. The lowest BCUT2D eigenvalue weighted by molar-refractivity contribution is -0.121. The van der Waals surface area contributed by atoms with E-state index >= 15 is 0 Å². The SMILES string of the molecule is N[C@@H](CS)C(=O)NCCCNC(=O)CCCC[C@@H]1SC[C@@H]2NC(=O)N[C@@H]21. The maximum Gasteiger partial charge on any atom is 0.315 e. The summed E-state index contributed by atoms with van der Waals surface area (Å²) in [5, 5.41) is 11.9. The zero-order valence-electron chi connectivity index (χ0n) is 14.8. The third kappa shape index (κ3) is 6.55. The molecule has 2 heterocycles. The molecule has 0 aliphatic carbocycles. The highest BCUT2D eigenvalue weighted by Gasteiger charge is 2.42. The number of amides is 4. The molecule has 2 fully saturated rings. The highest BCUT2D eigenvalue weighted by Crippen LogP contribution is 2.33. The molecule has 2 aliphatic heterocycles. The van der Waals surface area contributed by atoms with Gasteiger partial charge in [-0.2, -0.15) is 24.4 Å². The summed E-state index contributed by atoms with van der Waals surface area (Å²) in [5.74, 6) is 1.10.